The Morgan fingerprint density at radius 3 is 1.88 bits per heavy atom. The molecule has 0 N–H and O–H groups in total. The molecule has 5 aromatic rings. The van der Waals surface area contributed by atoms with Gasteiger partial charge in [-0.25, -0.2) is 0 Å². The highest BCUT2D eigenvalue weighted by molar-refractivity contribution is 7.26. The van der Waals surface area contributed by atoms with E-state index in [1.807, 2.05) is 59.0 Å². The molecule has 0 fully saturated rings. The molecule has 0 aliphatic carbocycles. The Morgan fingerprint density at radius 1 is 0.781 bits per heavy atom. The summed E-state index contributed by atoms with van der Waals surface area (Å²) in [6, 6.07) is 17.5. The lowest BCUT2D eigenvalue weighted by Crippen LogP contribution is -2.27. The van der Waals surface area contributed by atoms with Crippen LogP contribution in [0.15, 0.2) is 61.2 Å². The quantitative estimate of drug-likeness (QED) is 0.244. The van der Waals surface area contributed by atoms with Crippen molar-refractivity contribution in [1.82, 2.24) is 4.57 Å². The maximum atomic E-state index is 3.95. The van der Waals surface area contributed by atoms with Crippen molar-refractivity contribution in [3.8, 4) is 0 Å². The summed E-state index contributed by atoms with van der Waals surface area (Å²) in [6.45, 7) is 18.1. The smallest absolute Gasteiger partial charge is 0.0676 e. The number of aryl methyl sites for hydroxylation is 1. The molecule has 0 aliphatic heterocycles. The van der Waals surface area contributed by atoms with E-state index in [0.29, 0.717) is 0 Å². The Bertz CT molecular complexity index is 1460. The van der Waals surface area contributed by atoms with Crippen molar-refractivity contribution in [3.63, 3.8) is 0 Å². The van der Waals surface area contributed by atoms with Gasteiger partial charge in [0.1, 0.15) is 0 Å². The fraction of sp³-hybridized carbons (Fsp3) is 0.267. The van der Waals surface area contributed by atoms with Crippen molar-refractivity contribution in [1.29, 1.82) is 0 Å². The number of nitrogens with zero attached hydrogens (tertiary/aromatic N) is 1. The van der Waals surface area contributed by atoms with Gasteiger partial charge in [-0.05, 0) is 23.8 Å². The molecule has 2 heterocycles. The van der Waals surface area contributed by atoms with Crippen LogP contribution in [-0.4, -0.2) is 4.57 Å². The molecule has 0 radical (unpaired) electrons. The van der Waals surface area contributed by atoms with Crippen LogP contribution in [0.2, 0.25) is 0 Å². The Kier molecular flexibility index (Phi) is 9.28. The zero-order chi connectivity index (χ0) is 23.8. The van der Waals surface area contributed by atoms with E-state index in [0.717, 1.165) is 0 Å². The van der Waals surface area contributed by atoms with Crippen LogP contribution in [0.4, 0.5) is 0 Å². The maximum Gasteiger partial charge on any atom is 0.0676 e. The number of fused-ring (bicyclic) bond motifs is 8. The van der Waals surface area contributed by atoms with Crippen LogP contribution >= 0.6 is 11.3 Å². The summed E-state index contributed by atoms with van der Waals surface area (Å²) in [6.07, 6.45) is 6.23. The summed E-state index contributed by atoms with van der Waals surface area (Å²) in [7, 11) is 2.18. The summed E-state index contributed by atoms with van der Waals surface area (Å²) < 4.78 is 5.06. The molecule has 3 aromatic carbocycles. The molecule has 168 valence electrons. The lowest BCUT2D eigenvalue weighted by atomic mass is 9.99. The number of thiophene rings is 1. The average molecular weight is 444 g/mol. The lowest BCUT2D eigenvalue weighted by molar-refractivity contribution is 0.928. The minimum atomic E-state index is 1.25. The zero-order valence-corrected chi connectivity index (χ0v) is 21.7. The first-order valence-corrected chi connectivity index (χ1v) is 12.7. The van der Waals surface area contributed by atoms with E-state index >= 15 is 0 Å². The molecule has 0 amide bonds. The first-order valence-electron chi connectivity index (χ1n) is 11.9. The Balaban J connectivity index is 0.000000561. The van der Waals surface area contributed by atoms with Gasteiger partial charge in [0, 0.05) is 38.5 Å². The maximum absolute atomic E-state index is 3.95. The molecule has 0 atom stereocenters. The van der Waals surface area contributed by atoms with E-state index in [4.69, 9.17) is 0 Å². The van der Waals surface area contributed by atoms with E-state index in [2.05, 4.69) is 85.8 Å². The van der Waals surface area contributed by atoms with Crippen LogP contribution in [0, 0.1) is 0 Å². The molecular weight excluding hydrogens is 406 g/mol. The first-order chi connectivity index (χ1) is 15.8. The second-order valence-corrected chi connectivity index (χ2v) is 7.67. The van der Waals surface area contributed by atoms with Gasteiger partial charge in [0.15, 0.2) is 0 Å². The van der Waals surface area contributed by atoms with E-state index in [1.165, 1.54) is 52.4 Å². The van der Waals surface area contributed by atoms with Crippen molar-refractivity contribution in [2.24, 2.45) is 7.05 Å². The molecule has 0 saturated carbocycles. The summed E-state index contributed by atoms with van der Waals surface area (Å²) in [5.41, 5.74) is 1.32. The van der Waals surface area contributed by atoms with Crippen LogP contribution in [0.3, 0.4) is 0 Å². The normalized spacial score (nSPS) is 11.6. The van der Waals surface area contributed by atoms with Crippen LogP contribution < -0.4 is 10.6 Å². The van der Waals surface area contributed by atoms with Crippen molar-refractivity contribution in [2.45, 2.75) is 48.5 Å². The Morgan fingerprint density at radius 2 is 1.31 bits per heavy atom. The first kappa shape index (κ1) is 25.4. The second-order valence-electron chi connectivity index (χ2n) is 6.62. The third kappa shape index (κ3) is 4.00. The van der Waals surface area contributed by atoms with E-state index in [-0.39, 0.29) is 0 Å². The van der Waals surface area contributed by atoms with Crippen molar-refractivity contribution < 1.29 is 0 Å². The minimum absolute atomic E-state index is 1.25. The van der Waals surface area contributed by atoms with Crippen molar-refractivity contribution in [2.75, 3.05) is 0 Å². The standard InChI is InChI=1S/C24H19NS.3C2H6/c1-4-10-17-19(5-2)25(3)23-21(17)15-11-6-7-12-16(15)22-18-13-8-9-14-20(18)26-24(22)23;3*1-2/h4-14H,1H2,2-3H3;3*1-2H3/b17-10+,19-5+;;;. The van der Waals surface area contributed by atoms with E-state index in [9.17, 15) is 0 Å². The number of rotatable bonds is 1. The zero-order valence-electron chi connectivity index (χ0n) is 20.9. The third-order valence-corrected chi connectivity index (χ3v) is 6.49. The van der Waals surface area contributed by atoms with Gasteiger partial charge in [0.05, 0.1) is 10.2 Å². The highest BCUT2D eigenvalue weighted by atomic mass is 32.1. The van der Waals surface area contributed by atoms with Gasteiger partial charge in [-0.2, -0.15) is 0 Å². The molecule has 0 bridgehead atoms. The summed E-state index contributed by atoms with van der Waals surface area (Å²) in [5, 5.41) is 9.21. The predicted molar refractivity (Wildman–Crippen MR) is 151 cm³/mol. The number of aromatic nitrogens is 1. The van der Waals surface area contributed by atoms with E-state index in [1.54, 1.807) is 0 Å². The Hall–Kier alpha value is -2.84. The summed E-state index contributed by atoms with van der Waals surface area (Å²) in [4.78, 5) is 0. The van der Waals surface area contributed by atoms with Crippen LogP contribution in [-0.2, 0) is 7.05 Å². The Labute approximate surface area is 197 Å². The summed E-state index contributed by atoms with van der Waals surface area (Å²) in [5.74, 6) is 0. The molecule has 2 aromatic heterocycles. The number of benzene rings is 3. The van der Waals surface area contributed by atoms with Gasteiger partial charge >= 0.3 is 0 Å². The molecule has 0 unspecified atom stereocenters. The number of hydrogen-bond donors (Lipinski definition) is 0. The average Bonchev–Trinajstić information content (AvgIpc) is 3.39. The van der Waals surface area contributed by atoms with Gasteiger partial charge in [-0.15, -0.1) is 11.3 Å². The molecule has 2 heteroatoms. The van der Waals surface area contributed by atoms with Gasteiger partial charge in [-0.1, -0.05) is 109 Å². The minimum Gasteiger partial charge on any atom is -0.343 e. The molecular formula is C30H37NS. The van der Waals surface area contributed by atoms with Crippen molar-refractivity contribution >= 4 is 65.3 Å². The van der Waals surface area contributed by atoms with E-state index < -0.39 is 0 Å². The highest BCUT2D eigenvalue weighted by Gasteiger charge is 2.17. The van der Waals surface area contributed by atoms with Crippen LogP contribution in [0.1, 0.15) is 48.5 Å². The van der Waals surface area contributed by atoms with Gasteiger partial charge in [-0.3, -0.25) is 0 Å². The van der Waals surface area contributed by atoms with Gasteiger partial charge < -0.3 is 4.57 Å². The fourth-order valence-electron chi connectivity index (χ4n) is 4.30. The van der Waals surface area contributed by atoms with Crippen LogP contribution in [0.25, 0.3) is 54.0 Å². The van der Waals surface area contributed by atoms with Gasteiger partial charge in [0.2, 0.25) is 0 Å². The molecule has 0 spiro atoms. The lowest BCUT2D eigenvalue weighted by Gasteiger charge is -2.05. The SMILES string of the molecule is C=C/C=c1\c(=C/C)n(C)c2c3sc4ccccc4c3c3ccccc3c12.CC.CC.CC. The fourth-order valence-corrected chi connectivity index (χ4v) is 5.60. The topological polar surface area (TPSA) is 4.93 Å². The van der Waals surface area contributed by atoms with Gasteiger partial charge in [0.25, 0.3) is 0 Å². The second kappa shape index (κ2) is 11.7. The van der Waals surface area contributed by atoms with Crippen molar-refractivity contribution in [3.05, 3.63) is 71.8 Å². The molecule has 0 saturated heterocycles. The number of allylic oxidation sites excluding steroid dienone is 1. The highest BCUT2D eigenvalue weighted by Crippen LogP contribution is 2.42. The number of hydrogen-bond acceptors (Lipinski definition) is 1. The molecule has 0 aliphatic rings. The van der Waals surface area contributed by atoms with Crippen LogP contribution in [0.5, 0.6) is 0 Å². The third-order valence-electron chi connectivity index (χ3n) is 5.31. The summed E-state index contributed by atoms with van der Waals surface area (Å²) >= 11 is 1.90. The molecule has 32 heavy (non-hydrogen) atoms. The monoisotopic (exact) mass is 443 g/mol. The molecule has 5 rings (SSSR count). The molecule has 1 nitrogen and oxygen atoms in total. The predicted octanol–water partition coefficient (Wildman–Crippen LogP) is 8.54. The largest absolute Gasteiger partial charge is 0.343 e.